The lowest BCUT2D eigenvalue weighted by Gasteiger charge is -2.05. The molecule has 0 aliphatic heterocycles. The summed E-state index contributed by atoms with van der Waals surface area (Å²) in [6.07, 6.45) is 1.53. The third kappa shape index (κ3) is 3.22. The van der Waals surface area contributed by atoms with E-state index in [0.29, 0.717) is 18.2 Å². The molecule has 0 spiro atoms. The van der Waals surface area contributed by atoms with Gasteiger partial charge in [0, 0.05) is 4.91 Å². The van der Waals surface area contributed by atoms with Gasteiger partial charge in [-0.3, -0.25) is 4.98 Å². The SMILES string of the molecule is [N-]=[N+]=Nc1ccc(OCc2ccccc2)cn1. The van der Waals surface area contributed by atoms with Gasteiger partial charge in [0.2, 0.25) is 0 Å². The van der Waals surface area contributed by atoms with Crippen LogP contribution in [-0.2, 0) is 6.61 Å². The lowest BCUT2D eigenvalue weighted by Crippen LogP contribution is -1.94. The zero-order valence-corrected chi connectivity index (χ0v) is 9.02. The number of benzene rings is 1. The highest BCUT2D eigenvalue weighted by molar-refractivity contribution is 5.31. The Hall–Kier alpha value is -2.52. The Balaban J connectivity index is 1.98. The van der Waals surface area contributed by atoms with Crippen LogP contribution in [0.1, 0.15) is 5.56 Å². The molecule has 1 aromatic heterocycles. The average Bonchev–Trinajstić information content (AvgIpc) is 2.40. The van der Waals surface area contributed by atoms with Gasteiger partial charge in [-0.1, -0.05) is 30.3 Å². The fraction of sp³-hybridized carbons (Fsp3) is 0.0833. The minimum Gasteiger partial charge on any atom is -0.487 e. The van der Waals surface area contributed by atoms with Gasteiger partial charge in [0.05, 0.1) is 6.20 Å². The summed E-state index contributed by atoms with van der Waals surface area (Å²) in [5.41, 5.74) is 9.32. The summed E-state index contributed by atoms with van der Waals surface area (Å²) in [5, 5.41) is 3.38. The van der Waals surface area contributed by atoms with Crippen LogP contribution in [0.5, 0.6) is 5.75 Å². The number of rotatable bonds is 4. The third-order valence-electron chi connectivity index (χ3n) is 2.12. The molecule has 0 aliphatic rings. The van der Waals surface area contributed by atoms with Crippen LogP contribution in [0.25, 0.3) is 10.4 Å². The Kier molecular flexibility index (Phi) is 3.57. The second-order valence-corrected chi connectivity index (χ2v) is 3.32. The summed E-state index contributed by atoms with van der Waals surface area (Å²) < 4.78 is 5.53. The molecule has 1 aromatic carbocycles. The van der Waals surface area contributed by atoms with Crippen molar-refractivity contribution in [2.75, 3.05) is 0 Å². The van der Waals surface area contributed by atoms with Crippen LogP contribution in [-0.4, -0.2) is 4.98 Å². The molecule has 0 radical (unpaired) electrons. The van der Waals surface area contributed by atoms with Crippen molar-refractivity contribution in [3.05, 3.63) is 64.7 Å². The first-order chi connectivity index (χ1) is 8.38. The van der Waals surface area contributed by atoms with Crippen molar-refractivity contribution >= 4 is 5.82 Å². The van der Waals surface area contributed by atoms with Gasteiger partial charge in [0.25, 0.3) is 0 Å². The summed E-state index contributed by atoms with van der Waals surface area (Å²) in [6, 6.07) is 13.2. The number of hydrogen-bond acceptors (Lipinski definition) is 3. The standard InChI is InChI=1S/C12H10N4O/c13-16-15-12-7-6-11(8-14-12)17-9-10-4-2-1-3-5-10/h1-8H,9H2. The Labute approximate surface area is 98.3 Å². The van der Waals surface area contributed by atoms with Gasteiger partial charge < -0.3 is 4.74 Å². The molecule has 17 heavy (non-hydrogen) atoms. The molecule has 0 unspecified atom stereocenters. The molecule has 84 valence electrons. The molecule has 0 atom stereocenters. The van der Waals surface area contributed by atoms with Gasteiger partial charge in [-0.15, -0.1) is 0 Å². The Bertz CT molecular complexity index is 518. The number of hydrogen-bond donors (Lipinski definition) is 0. The van der Waals surface area contributed by atoms with Gasteiger partial charge >= 0.3 is 0 Å². The van der Waals surface area contributed by atoms with Crippen LogP contribution in [0.4, 0.5) is 5.82 Å². The molecule has 0 bridgehead atoms. The maximum Gasteiger partial charge on any atom is 0.138 e. The number of ether oxygens (including phenoxy) is 1. The molecule has 5 heteroatoms. The number of nitrogens with zero attached hydrogens (tertiary/aromatic N) is 4. The monoisotopic (exact) mass is 226 g/mol. The molecule has 0 N–H and O–H groups in total. The fourth-order valence-corrected chi connectivity index (χ4v) is 1.30. The first-order valence-electron chi connectivity index (χ1n) is 5.06. The maximum atomic E-state index is 8.23. The minimum atomic E-state index is 0.333. The van der Waals surface area contributed by atoms with E-state index in [1.165, 1.54) is 6.20 Å². The summed E-state index contributed by atoms with van der Waals surface area (Å²) in [5.74, 6) is 0.977. The van der Waals surface area contributed by atoms with E-state index in [-0.39, 0.29) is 0 Å². The molecule has 2 aromatic rings. The van der Waals surface area contributed by atoms with Gasteiger partial charge in [-0.25, -0.2) is 0 Å². The topological polar surface area (TPSA) is 70.9 Å². The second kappa shape index (κ2) is 5.53. The van der Waals surface area contributed by atoms with Gasteiger partial charge in [0.15, 0.2) is 0 Å². The lowest BCUT2D eigenvalue weighted by molar-refractivity contribution is 0.305. The highest BCUT2D eigenvalue weighted by Gasteiger charge is 1.96. The first kappa shape index (κ1) is 11.0. The zero-order valence-electron chi connectivity index (χ0n) is 9.02. The zero-order chi connectivity index (χ0) is 11.9. The van der Waals surface area contributed by atoms with E-state index in [1.807, 2.05) is 30.3 Å². The molecule has 2 rings (SSSR count). The van der Waals surface area contributed by atoms with Gasteiger partial charge in [-0.2, -0.15) is 0 Å². The Morgan fingerprint density at radius 1 is 1.18 bits per heavy atom. The fourth-order valence-electron chi connectivity index (χ4n) is 1.30. The number of pyridine rings is 1. The average molecular weight is 226 g/mol. The van der Waals surface area contributed by atoms with Crippen LogP contribution in [0.15, 0.2) is 53.8 Å². The molecule has 1 heterocycles. The van der Waals surface area contributed by atoms with Crippen molar-refractivity contribution in [1.82, 2.24) is 4.98 Å². The van der Waals surface area contributed by atoms with Gasteiger partial charge in [0.1, 0.15) is 18.2 Å². The summed E-state index contributed by atoms with van der Waals surface area (Å²) in [6.45, 7) is 0.489. The minimum absolute atomic E-state index is 0.333. The van der Waals surface area contributed by atoms with E-state index in [0.717, 1.165) is 5.56 Å². The first-order valence-corrected chi connectivity index (χ1v) is 5.06. The molecule has 0 saturated carbocycles. The van der Waals surface area contributed by atoms with E-state index in [2.05, 4.69) is 15.0 Å². The predicted molar refractivity (Wildman–Crippen MR) is 63.8 cm³/mol. The van der Waals surface area contributed by atoms with Crippen LogP contribution >= 0.6 is 0 Å². The highest BCUT2D eigenvalue weighted by atomic mass is 16.5. The highest BCUT2D eigenvalue weighted by Crippen LogP contribution is 2.15. The lowest BCUT2D eigenvalue weighted by atomic mass is 10.2. The molecule has 0 saturated heterocycles. The van der Waals surface area contributed by atoms with E-state index >= 15 is 0 Å². The smallest absolute Gasteiger partial charge is 0.138 e. The van der Waals surface area contributed by atoms with Crippen LogP contribution < -0.4 is 4.74 Å². The van der Waals surface area contributed by atoms with E-state index in [1.54, 1.807) is 12.1 Å². The number of aromatic nitrogens is 1. The quantitative estimate of drug-likeness (QED) is 0.454. The van der Waals surface area contributed by atoms with Crippen molar-refractivity contribution in [2.45, 2.75) is 6.61 Å². The summed E-state index contributed by atoms with van der Waals surface area (Å²) in [4.78, 5) is 6.59. The second-order valence-electron chi connectivity index (χ2n) is 3.32. The van der Waals surface area contributed by atoms with Crippen LogP contribution in [0.3, 0.4) is 0 Å². The summed E-state index contributed by atoms with van der Waals surface area (Å²) >= 11 is 0. The van der Waals surface area contributed by atoms with Crippen molar-refractivity contribution < 1.29 is 4.74 Å². The van der Waals surface area contributed by atoms with Crippen molar-refractivity contribution in [3.63, 3.8) is 0 Å². The predicted octanol–water partition coefficient (Wildman–Crippen LogP) is 3.60. The van der Waals surface area contributed by atoms with Crippen molar-refractivity contribution in [3.8, 4) is 5.75 Å². The number of azide groups is 1. The normalized spacial score (nSPS) is 9.41. The Morgan fingerprint density at radius 2 is 2.00 bits per heavy atom. The molecule has 5 nitrogen and oxygen atoms in total. The van der Waals surface area contributed by atoms with Crippen LogP contribution in [0.2, 0.25) is 0 Å². The third-order valence-corrected chi connectivity index (χ3v) is 2.12. The molecule has 0 aliphatic carbocycles. The van der Waals surface area contributed by atoms with Crippen molar-refractivity contribution in [2.24, 2.45) is 5.11 Å². The molecule has 0 amide bonds. The van der Waals surface area contributed by atoms with Crippen LogP contribution in [0, 0.1) is 0 Å². The molecular formula is C12H10N4O. The largest absolute Gasteiger partial charge is 0.487 e. The Morgan fingerprint density at radius 3 is 2.65 bits per heavy atom. The van der Waals surface area contributed by atoms with E-state index in [4.69, 9.17) is 10.3 Å². The molecule has 0 fully saturated rings. The maximum absolute atomic E-state index is 8.23. The summed E-state index contributed by atoms with van der Waals surface area (Å²) in [7, 11) is 0. The van der Waals surface area contributed by atoms with Gasteiger partial charge in [-0.05, 0) is 28.3 Å². The van der Waals surface area contributed by atoms with E-state index < -0.39 is 0 Å². The van der Waals surface area contributed by atoms with Crippen molar-refractivity contribution in [1.29, 1.82) is 0 Å². The van der Waals surface area contributed by atoms with E-state index in [9.17, 15) is 0 Å². The molecular weight excluding hydrogens is 216 g/mol.